The molecule has 2 atom stereocenters. The summed E-state index contributed by atoms with van der Waals surface area (Å²) < 4.78 is 7.84. The zero-order valence-corrected chi connectivity index (χ0v) is 26.8. The molecule has 2 aromatic carbocycles. The van der Waals surface area contributed by atoms with Gasteiger partial charge in [-0.05, 0) is 37.4 Å². The number of rotatable bonds is 9. The fourth-order valence-corrected chi connectivity index (χ4v) is 6.41. The molecule has 1 amide bonds. The Hall–Kier alpha value is -2.90. The fourth-order valence-electron chi connectivity index (χ4n) is 5.99. The third kappa shape index (κ3) is 7.35. The van der Waals surface area contributed by atoms with Crippen LogP contribution in [0.1, 0.15) is 12.8 Å². The summed E-state index contributed by atoms with van der Waals surface area (Å²) >= 11 is 2.04. The Morgan fingerprint density at radius 2 is 1.98 bits per heavy atom. The number of fused-ring (bicyclic) bond motifs is 2. The minimum atomic E-state index is -0.106. The van der Waals surface area contributed by atoms with E-state index in [1.165, 1.54) is 6.08 Å². The van der Waals surface area contributed by atoms with Gasteiger partial charge in [-0.3, -0.25) is 7.91 Å². The molecule has 3 aliphatic rings. The average molecular weight is 688 g/mol. The fraction of sp³-hybridized carbons (Fsp3) is 0.516. The lowest BCUT2D eigenvalue weighted by molar-refractivity contribution is -0.120. The first-order valence-electron chi connectivity index (χ1n) is 14.8. The van der Waals surface area contributed by atoms with E-state index >= 15 is 0 Å². The van der Waals surface area contributed by atoms with E-state index in [1.54, 1.807) is 3.11 Å². The Kier molecular flexibility index (Phi) is 10.2. The van der Waals surface area contributed by atoms with Gasteiger partial charge in [0.15, 0.2) is 0 Å². The number of ether oxygens (including phenoxy) is 1. The Morgan fingerprint density at radius 3 is 2.76 bits per heavy atom. The second kappa shape index (κ2) is 14.0. The van der Waals surface area contributed by atoms with Crippen molar-refractivity contribution in [3.63, 3.8) is 0 Å². The van der Waals surface area contributed by atoms with Crippen LogP contribution in [-0.2, 0) is 9.53 Å². The molecule has 1 N–H and O–H groups in total. The number of hydrogen-bond acceptors (Lipinski definition) is 9. The summed E-state index contributed by atoms with van der Waals surface area (Å²) in [4.78, 5) is 31.3. The molecule has 226 valence electrons. The molecule has 3 aliphatic heterocycles. The Morgan fingerprint density at radius 1 is 1.19 bits per heavy atom. The number of aliphatic imine (C=N–C) groups is 2. The van der Waals surface area contributed by atoms with E-state index in [2.05, 4.69) is 39.3 Å². The van der Waals surface area contributed by atoms with E-state index in [9.17, 15) is 9.90 Å². The van der Waals surface area contributed by atoms with E-state index in [4.69, 9.17) is 14.7 Å². The van der Waals surface area contributed by atoms with Gasteiger partial charge in [-0.2, -0.15) is 4.99 Å². The molecule has 0 aromatic heterocycles. The maximum Gasteiger partial charge on any atom is 0.313 e. The third-order valence-corrected chi connectivity index (χ3v) is 9.41. The number of amides is 1. The lowest BCUT2D eigenvalue weighted by atomic mass is 9.88. The predicted octanol–water partition coefficient (Wildman–Crippen LogP) is 3.46. The molecule has 0 saturated carbocycles. The van der Waals surface area contributed by atoms with Gasteiger partial charge in [-0.15, -0.1) is 0 Å². The van der Waals surface area contributed by atoms with E-state index in [0.29, 0.717) is 32.3 Å². The molecule has 2 saturated heterocycles. The number of likely N-dealkylation sites (N-methyl/N-ethyl adjacent to an activating group) is 2. The summed E-state index contributed by atoms with van der Waals surface area (Å²) in [5.74, 6) is 1.26. The van der Waals surface area contributed by atoms with Crippen molar-refractivity contribution in [1.82, 2.24) is 17.8 Å². The quantitative estimate of drug-likeness (QED) is 0.187. The molecule has 2 unspecified atom stereocenters. The van der Waals surface area contributed by atoms with E-state index in [1.807, 2.05) is 60.2 Å². The van der Waals surface area contributed by atoms with Crippen molar-refractivity contribution in [3.8, 4) is 5.75 Å². The monoisotopic (exact) mass is 687 g/mol. The molecule has 0 radical (unpaired) electrons. The number of aromatic hydroxyl groups is 1. The Bertz CT molecular complexity index is 1330. The van der Waals surface area contributed by atoms with Crippen LogP contribution in [0.3, 0.4) is 0 Å². The number of piperazine rings is 1. The van der Waals surface area contributed by atoms with E-state index < -0.39 is 0 Å². The standard InChI is InChI=1S/C31H42IN7O3/c1-4-29(41)39(32)18-15-36(3)30-26-10-12-38(28-21-24(40)20-23-8-5-6-9-25(23)28)22-27(26)33-31(34-30)42-19-7-11-37-16-13-35(2)14-17-37/h4-6,8-9,20-21,26-27,40H,1,7,10-19,22H2,2-3H3. The van der Waals surface area contributed by atoms with Gasteiger partial charge in [0.25, 0.3) is 5.91 Å². The van der Waals surface area contributed by atoms with Crippen molar-refractivity contribution >= 4 is 57.1 Å². The van der Waals surface area contributed by atoms with Crippen LogP contribution in [0.4, 0.5) is 5.69 Å². The number of phenols is 1. The number of nitrogens with zero attached hydrogens (tertiary/aromatic N) is 7. The topological polar surface area (TPSA) is 87.5 Å². The predicted molar refractivity (Wildman–Crippen MR) is 178 cm³/mol. The average Bonchev–Trinajstić information content (AvgIpc) is 3.01. The number of carbonyl (C=O) groups excluding carboxylic acids is 1. The third-order valence-electron chi connectivity index (χ3n) is 8.45. The van der Waals surface area contributed by atoms with Crippen LogP contribution in [0.2, 0.25) is 0 Å². The van der Waals surface area contributed by atoms with Gasteiger partial charge in [-0.25, -0.2) is 4.99 Å². The summed E-state index contributed by atoms with van der Waals surface area (Å²) in [6.45, 7) is 12.3. The summed E-state index contributed by atoms with van der Waals surface area (Å²) in [7, 11) is 4.20. The second-order valence-electron chi connectivity index (χ2n) is 11.4. The maximum atomic E-state index is 12.0. The first kappa shape index (κ1) is 30.6. The van der Waals surface area contributed by atoms with Crippen molar-refractivity contribution in [2.24, 2.45) is 15.9 Å². The van der Waals surface area contributed by atoms with Crippen LogP contribution in [0.25, 0.3) is 10.8 Å². The number of halogens is 1. The molecule has 10 nitrogen and oxygen atoms in total. The highest BCUT2D eigenvalue weighted by Gasteiger charge is 2.38. The van der Waals surface area contributed by atoms with E-state index in [0.717, 1.165) is 74.4 Å². The van der Waals surface area contributed by atoms with Crippen LogP contribution in [0, 0.1) is 5.92 Å². The molecule has 2 aromatic rings. The lowest BCUT2D eigenvalue weighted by Gasteiger charge is -2.42. The van der Waals surface area contributed by atoms with Crippen molar-refractivity contribution < 1.29 is 14.6 Å². The van der Waals surface area contributed by atoms with Crippen molar-refractivity contribution in [2.75, 3.05) is 84.5 Å². The highest BCUT2D eigenvalue weighted by atomic mass is 127. The number of phenolic OH excluding ortho intramolecular Hbond substituents is 1. The van der Waals surface area contributed by atoms with Crippen LogP contribution in [0.5, 0.6) is 5.75 Å². The van der Waals surface area contributed by atoms with Gasteiger partial charge in [-0.1, -0.05) is 30.8 Å². The summed E-state index contributed by atoms with van der Waals surface area (Å²) in [5.41, 5.74) is 1.02. The van der Waals surface area contributed by atoms with Crippen LogP contribution < -0.4 is 4.90 Å². The summed E-state index contributed by atoms with van der Waals surface area (Å²) in [5, 5.41) is 12.6. The van der Waals surface area contributed by atoms with Crippen molar-refractivity contribution in [2.45, 2.75) is 18.9 Å². The molecule has 3 heterocycles. The minimum absolute atomic E-state index is 0.0343. The number of piperidine rings is 1. The highest BCUT2D eigenvalue weighted by molar-refractivity contribution is 14.1. The Balaban J connectivity index is 1.30. The molecule has 11 heteroatoms. The zero-order chi connectivity index (χ0) is 29.6. The Labute approximate surface area is 262 Å². The second-order valence-corrected chi connectivity index (χ2v) is 12.5. The molecule has 42 heavy (non-hydrogen) atoms. The summed E-state index contributed by atoms with van der Waals surface area (Å²) in [6, 6.07) is 12.2. The van der Waals surface area contributed by atoms with Crippen molar-refractivity contribution in [3.05, 3.63) is 49.1 Å². The van der Waals surface area contributed by atoms with Crippen LogP contribution >= 0.6 is 22.9 Å². The first-order chi connectivity index (χ1) is 20.3. The van der Waals surface area contributed by atoms with Crippen LogP contribution in [-0.4, -0.2) is 126 Å². The number of anilines is 1. The largest absolute Gasteiger partial charge is 0.508 e. The molecule has 0 aliphatic carbocycles. The number of benzene rings is 2. The zero-order valence-electron chi connectivity index (χ0n) is 24.7. The lowest BCUT2D eigenvalue weighted by Crippen LogP contribution is -2.52. The molecule has 5 rings (SSSR count). The molecule has 0 spiro atoms. The molecular weight excluding hydrogens is 645 g/mol. The van der Waals surface area contributed by atoms with Gasteiger partial charge in [0.2, 0.25) is 0 Å². The number of amidine groups is 2. The summed E-state index contributed by atoms with van der Waals surface area (Å²) in [6.07, 6.45) is 3.13. The van der Waals surface area contributed by atoms with Crippen molar-refractivity contribution in [1.29, 1.82) is 0 Å². The van der Waals surface area contributed by atoms with Gasteiger partial charge >= 0.3 is 6.02 Å². The van der Waals surface area contributed by atoms with Gasteiger partial charge in [0, 0.05) is 89.0 Å². The molecule has 0 bridgehead atoms. The SMILES string of the molecule is C=CC(=O)N(I)CCN(C)C1=NC(OCCCN2CCN(C)CC2)=NC2CN(c3cc(O)cc4ccccc34)CCC12. The number of hydrogen-bond donors (Lipinski definition) is 1. The molecular formula is C31H42IN7O3. The van der Waals surface area contributed by atoms with Gasteiger partial charge < -0.3 is 29.4 Å². The van der Waals surface area contributed by atoms with E-state index in [-0.39, 0.29) is 23.6 Å². The normalized spacial score (nSPS) is 21.4. The maximum absolute atomic E-state index is 12.0. The van der Waals surface area contributed by atoms with Gasteiger partial charge in [0.1, 0.15) is 11.6 Å². The highest BCUT2D eigenvalue weighted by Crippen LogP contribution is 2.36. The molecule has 2 fully saturated rings. The van der Waals surface area contributed by atoms with Crippen LogP contribution in [0.15, 0.2) is 59.0 Å². The first-order valence-corrected chi connectivity index (χ1v) is 15.8. The minimum Gasteiger partial charge on any atom is -0.508 e. The smallest absolute Gasteiger partial charge is 0.313 e. The van der Waals surface area contributed by atoms with Gasteiger partial charge in [0.05, 0.1) is 35.5 Å². The number of carbonyl (C=O) groups is 1.